The minimum Gasteiger partial charge on any atom is -0.396 e. The molecule has 0 heterocycles. The third-order valence-electron chi connectivity index (χ3n) is 2.07. The monoisotopic (exact) mass is 202 g/mol. The molecule has 0 aromatic heterocycles. The van der Waals surface area contributed by atoms with E-state index in [2.05, 4.69) is 12.6 Å². The third kappa shape index (κ3) is 5.11. The average Bonchev–Trinajstić information content (AvgIpc) is 2.09. The normalized spacial score (nSPS) is 16.0. The van der Waals surface area contributed by atoms with Crippen LogP contribution in [0.4, 0.5) is 0 Å². The number of carbonyl (C=O) groups is 1. The Balaban J connectivity index is 4.18. The highest BCUT2D eigenvalue weighted by Gasteiger charge is 2.19. The van der Waals surface area contributed by atoms with E-state index in [1.807, 2.05) is 26.0 Å². The number of allylic oxidation sites excluding steroid dienone is 2. The van der Waals surface area contributed by atoms with Gasteiger partial charge in [0.05, 0.1) is 0 Å². The van der Waals surface area contributed by atoms with Crippen LogP contribution in [0.2, 0.25) is 0 Å². The Bertz CT molecular complexity index is 178. The fourth-order valence-corrected chi connectivity index (χ4v) is 1.60. The van der Waals surface area contributed by atoms with Crippen molar-refractivity contribution in [1.29, 1.82) is 0 Å². The average molecular weight is 202 g/mol. The molecule has 2 atom stereocenters. The van der Waals surface area contributed by atoms with Gasteiger partial charge < -0.3 is 5.11 Å². The van der Waals surface area contributed by atoms with Gasteiger partial charge >= 0.3 is 0 Å². The Hall–Kier alpha value is -0.280. The molecule has 0 rings (SSSR count). The maximum Gasteiger partial charge on any atom is 0.189 e. The van der Waals surface area contributed by atoms with Gasteiger partial charge in [-0.15, -0.1) is 12.6 Å². The van der Waals surface area contributed by atoms with Crippen molar-refractivity contribution in [2.45, 2.75) is 26.7 Å². The molecular formula is C10H18O2S. The first-order valence-corrected chi connectivity index (χ1v) is 5.08. The topological polar surface area (TPSA) is 37.3 Å². The highest BCUT2D eigenvalue weighted by molar-refractivity contribution is 7.96. The third-order valence-corrected chi connectivity index (χ3v) is 2.40. The summed E-state index contributed by atoms with van der Waals surface area (Å²) in [4.78, 5) is 11.1. The van der Waals surface area contributed by atoms with Crippen LogP contribution in [-0.4, -0.2) is 16.8 Å². The molecule has 0 aromatic carbocycles. The van der Waals surface area contributed by atoms with E-state index in [0.29, 0.717) is 6.42 Å². The van der Waals surface area contributed by atoms with Gasteiger partial charge in [0.25, 0.3) is 0 Å². The molecule has 13 heavy (non-hydrogen) atoms. The van der Waals surface area contributed by atoms with Crippen LogP contribution < -0.4 is 0 Å². The SMILES string of the molecule is CC/C=C/C(C)C(CCO)C(=O)S. The van der Waals surface area contributed by atoms with Gasteiger partial charge in [-0.25, -0.2) is 0 Å². The second kappa shape index (κ2) is 7.15. The first kappa shape index (κ1) is 12.7. The zero-order valence-electron chi connectivity index (χ0n) is 8.23. The van der Waals surface area contributed by atoms with Gasteiger partial charge in [-0.2, -0.15) is 0 Å². The van der Waals surface area contributed by atoms with Gasteiger partial charge in [-0.3, -0.25) is 4.79 Å². The predicted molar refractivity (Wildman–Crippen MR) is 57.8 cm³/mol. The summed E-state index contributed by atoms with van der Waals surface area (Å²) in [5.41, 5.74) is 0. The van der Waals surface area contributed by atoms with Crippen LogP contribution in [0.1, 0.15) is 26.7 Å². The smallest absolute Gasteiger partial charge is 0.189 e. The van der Waals surface area contributed by atoms with Gasteiger partial charge in [0.15, 0.2) is 5.12 Å². The van der Waals surface area contributed by atoms with Crippen LogP contribution in [0.3, 0.4) is 0 Å². The minimum atomic E-state index is -0.156. The second-order valence-electron chi connectivity index (χ2n) is 3.15. The van der Waals surface area contributed by atoms with E-state index in [1.54, 1.807) is 0 Å². The maximum absolute atomic E-state index is 11.1. The second-order valence-corrected chi connectivity index (χ2v) is 3.59. The molecule has 3 heteroatoms. The van der Waals surface area contributed by atoms with Crippen LogP contribution in [0.5, 0.6) is 0 Å². The Morgan fingerprint density at radius 1 is 1.62 bits per heavy atom. The number of aliphatic hydroxyl groups is 1. The molecule has 0 aliphatic rings. The van der Waals surface area contributed by atoms with E-state index < -0.39 is 0 Å². The maximum atomic E-state index is 11.1. The van der Waals surface area contributed by atoms with Crippen molar-refractivity contribution < 1.29 is 9.90 Å². The lowest BCUT2D eigenvalue weighted by Gasteiger charge is -2.16. The standard InChI is InChI=1S/C10H18O2S/c1-3-4-5-8(2)9(6-7-11)10(12)13/h4-5,8-9,11H,3,6-7H2,1-2H3,(H,12,13)/b5-4+. The van der Waals surface area contributed by atoms with Crippen molar-refractivity contribution >= 4 is 17.7 Å². The van der Waals surface area contributed by atoms with Crippen molar-refractivity contribution in [2.24, 2.45) is 11.8 Å². The summed E-state index contributed by atoms with van der Waals surface area (Å²) in [6.45, 7) is 4.06. The minimum absolute atomic E-state index is 0.0429. The lowest BCUT2D eigenvalue weighted by Crippen LogP contribution is -2.18. The van der Waals surface area contributed by atoms with E-state index in [9.17, 15) is 4.79 Å². The Morgan fingerprint density at radius 3 is 2.62 bits per heavy atom. The number of rotatable bonds is 6. The van der Waals surface area contributed by atoms with Crippen molar-refractivity contribution in [2.75, 3.05) is 6.61 Å². The Labute approximate surface area is 85.4 Å². The number of carbonyl (C=O) groups excluding carboxylic acids is 1. The molecule has 0 saturated heterocycles. The zero-order valence-corrected chi connectivity index (χ0v) is 9.13. The molecule has 0 amide bonds. The Morgan fingerprint density at radius 2 is 2.23 bits per heavy atom. The highest BCUT2D eigenvalue weighted by Crippen LogP contribution is 2.19. The number of hydrogen-bond acceptors (Lipinski definition) is 2. The van der Waals surface area contributed by atoms with Crippen molar-refractivity contribution in [3.05, 3.63) is 12.2 Å². The first-order chi connectivity index (χ1) is 6.13. The van der Waals surface area contributed by atoms with Crippen molar-refractivity contribution in [3.63, 3.8) is 0 Å². The molecule has 2 unspecified atom stereocenters. The quantitative estimate of drug-likeness (QED) is 0.511. The summed E-state index contributed by atoms with van der Waals surface area (Å²) in [5, 5.41) is 8.61. The van der Waals surface area contributed by atoms with E-state index >= 15 is 0 Å². The first-order valence-electron chi connectivity index (χ1n) is 4.63. The van der Waals surface area contributed by atoms with Gasteiger partial charge in [-0.1, -0.05) is 26.0 Å². The molecule has 0 aromatic rings. The molecule has 1 N–H and O–H groups in total. The van der Waals surface area contributed by atoms with E-state index in [1.165, 1.54) is 0 Å². The number of thiol groups is 1. The predicted octanol–water partition coefficient (Wildman–Crippen LogP) is 2.04. The van der Waals surface area contributed by atoms with Crippen LogP contribution in [0.25, 0.3) is 0 Å². The molecule has 76 valence electrons. The largest absolute Gasteiger partial charge is 0.396 e. The lowest BCUT2D eigenvalue weighted by molar-refractivity contribution is -0.115. The Kier molecular flexibility index (Phi) is 7.00. The van der Waals surface area contributed by atoms with Crippen LogP contribution in [0, 0.1) is 11.8 Å². The molecule has 0 bridgehead atoms. The molecule has 0 aliphatic carbocycles. The molecule has 0 radical (unpaired) electrons. The molecule has 0 fully saturated rings. The number of aliphatic hydroxyl groups excluding tert-OH is 1. The summed E-state index contributed by atoms with van der Waals surface area (Å²) in [6, 6.07) is 0. The van der Waals surface area contributed by atoms with Crippen LogP contribution in [-0.2, 0) is 4.79 Å². The van der Waals surface area contributed by atoms with Gasteiger partial charge in [0, 0.05) is 12.5 Å². The fourth-order valence-electron chi connectivity index (χ4n) is 1.24. The summed E-state index contributed by atoms with van der Waals surface area (Å²) in [6.07, 6.45) is 5.51. The molecule has 0 saturated carbocycles. The molecule has 0 aliphatic heterocycles. The molecule has 2 nitrogen and oxygen atoms in total. The fraction of sp³-hybridized carbons (Fsp3) is 0.700. The molecule has 0 spiro atoms. The molecular weight excluding hydrogens is 184 g/mol. The van der Waals surface area contributed by atoms with E-state index in [-0.39, 0.29) is 23.6 Å². The number of hydrogen-bond donors (Lipinski definition) is 2. The highest BCUT2D eigenvalue weighted by atomic mass is 32.1. The van der Waals surface area contributed by atoms with E-state index in [4.69, 9.17) is 5.11 Å². The lowest BCUT2D eigenvalue weighted by atomic mass is 9.92. The summed E-state index contributed by atoms with van der Waals surface area (Å²) in [5.74, 6) is 0.00762. The summed E-state index contributed by atoms with van der Waals surface area (Å²) in [7, 11) is 0. The van der Waals surface area contributed by atoms with Crippen molar-refractivity contribution in [3.8, 4) is 0 Å². The zero-order chi connectivity index (χ0) is 10.3. The van der Waals surface area contributed by atoms with Crippen LogP contribution >= 0.6 is 12.6 Å². The van der Waals surface area contributed by atoms with Gasteiger partial charge in [0.2, 0.25) is 0 Å². The van der Waals surface area contributed by atoms with Gasteiger partial charge in [0.1, 0.15) is 0 Å². The summed E-state index contributed by atoms with van der Waals surface area (Å²) >= 11 is 3.80. The van der Waals surface area contributed by atoms with Gasteiger partial charge in [-0.05, 0) is 18.8 Å². The summed E-state index contributed by atoms with van der Waals surface area (Å²) < 4.78 is 0. The van der Waals surface area contributed by atoms with E-state index in [0.717, 1.165) is 6.42 Å². The van der Waals surface area contributed by atoms with Crippen LogP contribution in [0.15, 0.2) is 12.2 Å². The van der Waals surface area contributed by atoms with Crippen molar-refractivity contribution in [1.82, 2.24) is 0 Å².